The number of rotatable bonds is 1. The van der Waals surface area contributed by atoms with Crippen LogP contribution in [0.15, 0.2) is 23.3 Å². The lowest BCUT2D eigenvalue weighted by Crippen LogP contribution is -2.20. The summed E-state index contributed by atoms with van der Waals surface area (Å²) in [5.74, 6) is -0.252. The second-order valence-electron chi connectivity index (χ2n) is 3.24. The zero-order valence-electron chi connectivity index (χ0n) is 8.04. The molecule has 0 bridgehead atoms. The number of esters is 1. The Morgan fingerprint density at radius 3 is 2.92 bits per heavy atom. The Morgan fingerprint density at radius 2 is 2.31 bits per heavy atom. The lowest BCUT2D eigenvalue weighted by molar-refractivity contribution is -0.136. The van der Waals surface area contributed by atoms with Gasteiger partial charge in [0.15, 0.2) is 0 Å². The number of carbonyl (C=O) groups excluding carboxylic acids is 1. The fraction of sp³-hybridized carbons (Fsp3) is 0.500. The minimum atomic E-state index is -0.252. The van der Waals surface area contributed by atoms with Gasteiger partial charge in [-0.2, -0.15) is 0 Å². The van der Waals surface area contributed by atoms with E-state index >= 15 is 0 Å². The number of allylic oxidation sites excluding steroid dienone is 2. The highest BCUT2D eigenvalue weighted by Crippen LogP contribution is 2.17. The third-order valence-electron chi connectivity index (χ3n) is 2.30. The van der Waals surface area contributed by atoms with Crippen LogP contribution < -0.4 is 5.73 Å². The Bertz CT molecular complexity index is 266. The molecule has 1 aliphatic carbocycles. The maximum Gasteiger partial charge on any atom is 0.333 e. The van der Waals surface area contributed by atoms with Gasteiger partial charge in [0.05, 0.1) is 7.11 Å². The van der Waals surface area contributed by atoms with E-state index in [0.29, 0.717) is 12.0 Å². The molecule has 1 atom stereocenters. The van der Waals surface area contributed by atoms with E-state index in [1.165, 1.54) is 7.11 Å². The lowest BCUT2D eigenvalue weighted by Gasteiger charge is -2.08. The SMILES string of the molecule is COC(=O)C1=CC=C(C)[C@H](N)CC1. The smallest absolute Gasteiger partial charge is 0.333 e. The summed E-state index contributed by atoms with van der Waals surface area (Å²) in [4.78, 5) is 11.2. The van der Waals surface area contributed by atoms with Crippen molar-refractivity contribution in [3.63, 3.8) is 0 Å². The molecule has 0 radical (unpaired) electrons. The van der Waals surface area contributed by atoms with Crippen LogP contribution in [0.2, 0.25) is 0 Å². The first-order chi connectivity index (χ1) is 6.15. The van der Waals surface area contributed by atoms with Crippen molar-refractivity contribution in [3.8, 4) is 0 Å². The van der Waals surface area contributed by atoms with Crippen molar-refractivity contribution in [2.24, 2.45) is 5.73 Å². The zero-order valence-corrected chi connectivity index (χ0v) is 8.04. The predicted molar refractivity (Wildman–Crippen MR) is 51.1 cm³/mol. The molecule has 0 saturated carbocycles. The largest absolute Gasteiger partial charge is 0.466 e. The van der Waals surface area contributed by atoms with Crippen molar-refractivity contribution in [1.29, 1.82) is 0 Å². The molecule has 72 valence electrons. The van der Waals surface area contributed by atoms with Gasteiger partial charge < -0.3 is 10.5 Å². The van der Waals surface area contributed by atoms with Crippen molar-refractivity contribution >= 4 is 5.97 Å². The number of carbonyl (C=O) groups is 1. The van der Waals surface area contributed by atoms with Crippen molar-refractivity contribution < 1.29 is 9.53 Å². The van der Waals surface area contributed by atoms with Gasteiger partial charge in [-0.15, -0.1) is 0 Å². The van der Waals surface area contributed by atoms with Gasteiger partial charge in [0.25, 0.3) is 0 Å². The van der Waals surface area contributed by atoms with Crippen LogP contribution in [0.25, 0.3) is 0 Å². The third-order valence-corrected chi connectivity index (χ3v) is 2.30. The Labute approximate surface area is 78.3 Å². The number of hydrogen-bond acceptors (Lipinski definition) is 3. The average Bonchev–Trinajstić information content (AvgIpc) is 2.30. The molecule has 0 aromatic carbocycles. The average molecular weight is 181 g/mol. The van der Waals surface area contributed by atoms with Crippen LogP contribution in [0, 0.1) is 0 Å². The van der Waals surface area contributed by atoms with Crippen LogP contribution in [0.1, 0.15) is 19.8 Å². The molecule has 0 fully saturated rings. The Morgan fingerprint density at radius 1 is 1.62 bits per heavy atom. The second kappa shape index (κ2) is 4.23. The lowest BCUT2D eigenvalue weighted by atomic mass is 10.0. The van der Waals surface area contributed by atoms with Crippen molar-refractivity contribution in [3.05, 3.63) is 23.3 Å². The molecule has 2 N–H and O–H groups in total. The number of hydrogen-bond donors (Lipinski definition) is 1. The van der Waals surface area contributed by atoms with Crippen LogP contribution in [0.4, 0.5) is 0 Å². The van der Waals surface area contributed by atoms with Gasteiger partial charge in [0.2, 0.25) is 0 Å². The van der Waals surface area contributed by atoms with Gasteiger partial charge in [-0.1, -0.05) is 17.7 Å². The molecule has 0 aliphatic heterocycles. The van der Waals surface area contributed by atoms with Crippen molar-refractivity contribution in [2.45, 2.75) is 25.8 Å². The van der Waals surface area contributed by atoms with Gasteiger partial charge in [0.1, 0.15) is 0 Å². The normalized spacial score (nSPS) is 22.8. The van der Waals surface area contributed by atoms with Crippen LogP contribution in [-0.2, 0) is 9.53 Å². The molecule has 0 unspecified atom stereocenters. The Balaban J connectivity index is 2.76. The van der Waals surface area contributed by atoms with E-state index in [0.717, 1.165) is 12.0 Å². The topological polar surface area (TPSA) is 52.3 Å². The number of nitrogens with two attached hydrogens (primary N) is 1. The van der Waals surface area contributed by atoms with Gasteiger partial charge in [-0.3, -0.25) is 0 Å². The predicted octanol–water partition coefficient (Wildman–Crippen LogP) is 1.15. The highest BCUT2D eigenvalue weighted by atomic mass is 16.5. The van der Waals surface area contributed by atoms with Crippen LogP contribution in [0.5, 0.6) is 0 Å². The summed E-state index contributed by atoms with van der Waals surface area (Å²) in [7, 11) is 1.39. The highest BCUT2D eigenvalue weighted by molar-refractivity contribution is 5.88. The molecule has 1 rings (SSSR count). The summed E-state index contributed by atoms with van der Waals surface area (Å²) in [6, 6.07) is 0.0680. The molecule has 13 heavy (non-hydrogen) atoms. The van der Waals surface area contributed by atoms with E-state index in [9.17, 15) is 4.79 Å². The maximum atomic E-state index is 11.2. The van der Waals surface area contributed by atoms with Crippen LogP contribution in [0.3, 0.4) is 0 Å². The third kappa shape index (κ3) is 2.42. The second-order valence-corrected chi connectivity index (χ2v) is 3.24. The summed E-state index contributed by atoms with van der Waals surface area (Å²) in [5.41, 5.74) is 7.64. The number of ether oxygens (including phenoxy) is 1. The molecular formula is C10H15NO2. The summed E-state index contributed by atoms with van der Waals surface area (Å²) < 4.78 is 4.64. The van der Waals surface area contributed by atoms with Crippen LogP contribution >= 0.6 is 0 Å². The Kier molecular flexibility index (Phi) is 3.25. The molecule has 0 spiro atoms. The molecule has 3 heteroatoms. The summed E-state index contributed by atoms with van der Waals surface area (Å²) in [6.07, 6.45) is 5.20. The van der Waals surface area contributed by atoms with Gasteiger partial charge >= 0.3 is 5.97 Å². The molecule has 0 aromatic heterocycles. The first kappa shape index (κ1) is 9.99. The summed E-state index contributed by atoms with van der Waals surface area (Å²) in [5, 5.41) is 0. The van der Waals surface area contributed by atoms with E-state index in [-0.39, 0.29) is 12.0 Å². The fourth-order valence-electron chi connectivity index (χ4n) is 1.28. The van der Waals surface area contributed by atoms with E-state index in [2.05, 4.69) is 4.74 Å². The van der Waals surface area contributed by atoms with Gasteiger partial charge in [-0.25, -0.2) is 4.79 Å². The van der Waals surface area contributed by atoms with Crippen molar-refractivity contribution in [1.82, 2.24) is 0 Å². The van der Waals surface area contributed by atoms with E-state index in [4.69, 9.17) is 5.73 Å². The fourth-order valence-corrected chi connectivity index (χ4v) is 1.28. The summed E-state index contributed by atoms with van der Waals surface area (Å²) >= 11 is 0. The van der Waals surface area contributed by atoms with Crippen LogP contribution in [-0.4, -0.2) is 19.1 Å². The van der Waals surface area contributed by atoms with E-state index in [1.807, 2.05) is 13.0 Å². The molecule has 0 aromatic rings. The minimum Gasteiger partial charge on any atom is -0.466 e. The molecule has 0 saturated heterocycles. The number of methoxy groups -OCH3 is 1. The van der Waals surface area contributed by atoms with E-state index < -0.39 is 0 Å². The molecular weight excluding hydrogens is 166 g/mol. The van der Waals surface area contributed by atoms with E-state index in [1.54, 1.807) is 6.08 Å². The van der Waals surface area contributed by atoms with Gasteiger partial charge in [-0.05, 0) is 19.8 Å². The maximum absolute atomic E-state index is 11.2. The first-order valence-electron chi connectivity index (χ1n) is 4.36. The monoisotopic (exact) mass is 181 g/mol. The molecule has 0 amide bonds. The first-order valence-corrected chi connectivity index (χ1v) is 4.36. The standard InChI is InChI=1S/C10H15NO2/c1-7-3-4-8(10(12)13-2)5-6-9(7)11/h3-4,9H,5-6,11H2,1-2H3/t9-/m1/s1. The Hall–Kier alpha value is -1.09. The highest BCUT2D eigenvalue weighted by Gasteiger charge is 2.14. The minimum absolute atomic E-state index is 0.0680. The van der Waals surface area contributed by atoms with Gasteiger partial charge in [0, 0.05) is 11.6 Å². The zero-order chi connectivity index (χ0) is 9.84. The molecule has 0 heterocycles. The molecule has 3 nitrogen and oxygen atoms in total. The molecule has 1 aliphatic rings. The summed E-state index contributed by atoms with van der Waals surface area (Å²) in [6.45, 7) is 1.97. The van der Waals surface area contributed by atoms with Crippen molar-refractivity contribution in [2.75, 3.05) is 7.11 Å². The quantitative estimate of drug-likeness (QED) is 0.617.